The third-order valence-corrected chi connectivity index (χ3v) is 5.72. The number of halogens is 1. The van der Waals surface area contributed by atoms with Gasteiger partial charge in [-0.3, -0.25) is 29.4 Å². The molecule has 2 aromatic rings. The third kappa shape index (κ3) is 2.99. The minimum absolute atomic E-state index is 0.0618. The predicted molar refractivity (Wildman–Crippen MR) is 93.7 cm³/mol. The molecule has 10 heteroatoms. The van der Waals surface area contributed by atoms with Gasteiger partial charge in [0, 0.05) is 11.8 Å². The van der Waals surface area contributed by atoms with Crippen molar-refractivity contribution >= 4 is 51.4 Å². The summed E-state index contributed by atoms with van der Waals surface area (Å²) in [4.78, 5) is 48.8. The summed E-state index contributed by atoms with van der Waals surface area (Å²) in [6.07, 6.45) is -0.440. The van der Waals surface area contributed by atoms with Crippen molar-refractivity contribution in [3.05, 3.63) is 23.5 Å². The molecule has 3 amide bonds. The number of ketones is 1. The molecule has 1 unspecified atom stereocenters. The Hall–Kier alpha value is -2.75. The quantitative estimate of drug-likeness (QED) is 0.628. The molecule has 2 aliphatic heterocycles. The van der Waals surface area contributed by atoms with Gasteiger partial charge in [0.2, 0.25) is 17.4 Å². The summed E-state index contributed by atoms with van der Waals surface area (Å²) in [5, 5.41) is 6.06. The van der Waals surface area contributed by atoms with Crippen molar-refractivity contribution in [3.8, 4) is 0 Å². The highest BCUT2D eigenvalue weighted by Crippen LogP contribution is 2.36. The number of imide groups is 1. The lowest BCUT2D eigenvalue weighted by molar-refractivity contribution is -0.143. The molecule has 1 N–H and O–H groups in total. The zero-order valence-corrected chi connectivity index (χ0v) is 15.0. The maximum Gasteiger partial charge on any atom is 0.287 e. The molecule has 0 bridgehead atoms. The molecule has 0 radical (unpaired) electrons. The first-order valence-electron chi connectivity index (χ1n) is 8.25. The monoisotopic (exact) mass is 391 g/mol. The van der Waals surface area contributed by atoms with E-state index in [1.807, 2.05) is 6.92 Å². The van der Waals surface area contributed by atoms with Crippen LogP contribution in [0.5, 0.6) is 0 Å². The molecule has 1 aromatic heterocycles. The number of aromatic nitrogens is 1. The molecule has 2 saturated heterocycles. The lowest BCUT2D eigenvalue weighted by Crippen LogP contribution is -2.46. The van der Waals surface area contributed by atoms with E-state index < -0.39 is 29.3 Å². The molecule has 2 aliphatic rings. The van der Waals surface area contributed by atoms with E-state index in [1.165, 1.54) is 4.90 Å². The largest absolute Gasteiger partial charge is 0.351 e. The lowest BCUT2D eigenvalue weighted by atomic mass is 9.89. The molecule has 2 atom stereocenters. The average molecular weight is 391 g/mol. The molecule has 0 saturated carbocycles. The molecule has 4 rings (SSSR count). The number of hydrogen-bond acceptors (Lipinski definition) is 7. The van der Waals surface area contributed by atoms with Crippen LogP contribution in [-0.4, -0.2) is 39.8 Å². The maximum absolute atomic E-state index is 14.5. The van der Waals surface area contributed by atoms with E-state index in [2.05, 4.69) is 10.5 Å². The summed E-state index contributed by atoms with van der Waals surface area (Å²) in [7, 11) is 0. The Kier molecular flexibility index (Phi) is 4.22. The Bertz CT molecular complexity index is 984. The Morgan fingerprint density at radius 1 is 1.33 bits per heavy atom. The zero-order chi connectivity index (χ0) is 19.3. The third-order valence-electron chi connectivity index (χ3n) is 4.62. The van der Waals surface area contributed by atoms with E-state index in [-0.39, 0.29) is 35.5 Å². The molecule has 1 aromatic carbocycles. The summed E-state index contributed by atoms with van der Waals surface area (Å²) in [6, 6.07) is 2.60. The van der Waals surface area contributed by atoms with Gasteiger partial charge in [-0.15, -0.1) is 0 Å². The van der Waals surface area contributed by atoms with Crippen LogP contribution in [0, 0.1) is 11.7 Å². The first-order chi connectivity index (χ1) is 12.8. The van der Waals surface area contributed by atoms with Crippen LogP contribution in [0.15, 0.2) is 16.7 Å². The predicted octanol–water partition coefficient (Wildman–Crippen LogP) is 1.80. The number of piperidine rings is 1. The van der Waals surface area contributed by atoms with Crippen LogP contribution in [0.3, 0.4) is 0 Å². The number of hydrogen-bond donors (Lipinski definition) is 1. The van der Waals surface area contributed by atoms with E-state index in [4.69, 9.17) is 4.52 Å². The van der Waals surface area contributed by atoms with E-state index in [0.29, 0.717) is 16.7 Å². The van der Waals surface area contributed by atoms with Gasteiger partial charge in [-0.1, -0.05) is 16.9 Å². The number of thioether (sulfide) groups is 1. The minimum atomic E-state index is -1.06. The van der Waals surface area contributed by atoms with Gasteiger partial charge < -0.3 is 4.52 Å². The van der Waals surface area contributed by atoms with Crippen molar-refractivity contribution < 1.29 is 28.1 Å². The van der Waals surface area contributed by atoms with Crippen LogP contribution in [-0.2, 0) is 20.8 Å². The molecule has 0 spiro atoms. The fourth-order valence-electron chi connectivity index (χ4n) is 3.29. The summed E-state index contributed by atoms with van der Waals surface area (Å²) < 4.78 is 19.5. The Morgan fingerprint density at radius 3 is 2.78 bits per heavy atom. The van der Waals surface area contributed by atoms with Crippen LogP contribution >= 0.6 is 11.8 Å². The van der Waals surface area contributed by atoms with Gasteiger partial charge in [0.15, 0.2) is 17.4 Å². The highest BCUT2D eigenvalue weighted by Gasteiger charge is 2.36. The van der Waals surface area contributed by atoms with Crippen molar-refractivity contribution in [1.29, 1.82) is 0 Å². The highest BCUT2D eigenvalue weighted by atomic mass is 32.2. The lowest BCUT2D eigenvalue weighted by Gasteiger charge is -2.20. The van der Waals surface area contributed by atoms with E-state index in [1.54, 1.807) is 6.07 Å². The van der Waals surface area contributed by atoms with E-state index >= 15 is 0 Å². The number of nitrogens with one attached hydrogen (secondary N) is 1. The maximum atomic E-state index is 14.5. The number of anilines is 1. The second-order valence-electron chi connectivity index (χ2n) is 6.57. The number of fused-ring (bicyclic) bond motifs is 1. The van der Waals surface area contributed by atoms with Crippen molar-refractivity contribution in [2.45, 2.75) is 25.8 Å². The van der Waals surface area contributed by atoms with Gasteiger partial charge in [-0.05, 0) is 31.0 Å². The summed E-state index contributed by atoms with van der Waals surface area (Å²) >= 11 is 1.14. The van der Waals surface area contributed by atoms with Crippen LogP contribution < -0.4 is 10.2 Å². The smallest absolute Gasteiger partial charge is 0.287 e. The van der Waals surface area contributed by atoms with Crippen LogP contribution in [0.2, 0.25) is 0 Å². The minimum Gasteiger partial charge on any atom is -0.351 e. The molecule has 3 heterocycles. The van der Waals surface area contributed by atoms with Gasteiger partial charge in [-0.2, -0.15) is 0 Å². The molecule has 27 heavy (non-hydrogen) atoms. The highest BCUT2D eigenvalue weighted by molar-refractivity contribution is 8.14. The normalized spacial score (nSPS) is 23.4. The number of carbonyl (C=O) groups excluding carboxylic acids is 4. The van der Waals surface area contributed by atoms with Gasteiger partial charge in [0.05, 0.1) is 11.8 Å². The van der Waals surface area contributed by atoms with Gasteiger partial charge in [0.25, 0.3) is 5.24 Å². The van der Waals surface area contributed by atoms with Gasteiger partial charge >= 0.3 is 0 Å². The van der Waals surface area contributed by atoms with Crippen LogP contribution in [0.4, 0.5) is 15.0 Å². The van der Waals surface area contributed by atoms with E-state index in [9.17, 15) is 23.6 Å². The summed E-state index contributed by atoms with van der Waals surface area (Å²) in [5.41, 5.74) is 0.277. The SMILES string of the molecule is C[C@H]1CSC(=O)N1c1noc2c(F)cc(CC3C(=O)CC(=O)NC3=O)cc12. The van der Waals surface area contributed by atoms with Gasteiger partial charge in [0.1, 0.15) is 5.92 Å². The fourth-order valence-corrected chi connectivity index (χ4v) is 4.23. The molecule has 2 fully saturated rings. The van der Waals surface area contributed by atoms with Crippen molar-refractivity contribution in [1.82, 2.24) is 10.5 Å². The Labute approximate surface area is 156 Å². The van der Waals surface area contributed by atoms with Crippen molar-refractivity contribution in [2.75, 3.05) is 10.7 Å². The zero-order valence-electron chi connectivity index (χ0n) is 14.2. The van der Waals surface area contributed by atoms with Crippen molar-refractivity contribution in [3.63, 3.8) is 0 Å². The topological polar surface area (TPSA) is 110 Å². The number of carbonyl (C=O) groups is 4. The number of nitrogens with zero attached hydrogens (tertiary/aromatic N) is 2. The van der Waals surface area contributed by atoms with Crippen molar-refractivity contribution in [2.24, 2.45) is 5.92 Å². The fraction of sp³-hybridized carbons (Fsp3) is 0.353. The Morgan fingerprint density at radius 2 is 2.11 bits per heavy atom. The molecule has 140 valence electrons. The van der Waals surface area contributed by atoms with Crippen LogP contribution in [0.1, 0.15) is 18.9 Å². The second kappa shape index (κ2) is 6.45. The summed E-state index contributed by atoms with van der Waals surface area (Å²) in [6.45, 7) is 1.85. The number of rotatable bonds is 3. The number of Topliss-reactive ketones (excluding diaryl/α,β-unsaturated/α-hetero) is 1. The number of amides is 3. The van der Waals surface area contributed by atoms with Crippen LogP contribution in [0.25, 0.3) is 11.0 Å². The first-order valence-corrected chi connectivity index (χ1v) is 9.24. The Balaban J connectivity index is 1.72. The molecular formula is C17H14FN3O5S. The molecule has 8 nitrogen and oxygen atoms in total. The second-order valence-corrected chi connectivity index (χ2v) is 7.54. The molecular weight excluding hydrogens is 377 g/mol. The summed E-state index contributed by atoms with van der Waals surface area (Å²) in [5.74, 6) is -2.80. The van der Waals surface area contributed by atoms with Gasteiger partial charge in [-0.25, -0.2) is 4.39 Å². The standard InChI is InChI=1S/C17H14FN3O5S/c1-7-6-27-17(25)21(7)15-10-3-8(4-11(18)14(10)26-20-15)2-9-12(22)5-13(23)19-16(9)24/h3-4,7,9H,2,5-6H2,1H3,(H,19,23,24)/t7-,9?/m0/s1. The molecule has 0 aliphatic carbocycles. The van der Waals surface area contributed by atoms with E-state index in [0.717, 1.165) is 17.8 Å². The number of benzene rings is 1. The average Bonchev–Trinajstić information content (AvgIpc) is 3.14. The first kappa shape index (κ1) is 17.7.